The van der Waals surface area contributed by atoms with Crippen molar-refractivity contribution in [3.63, 3.8) is 0 Å². The molecule has 0 atom stereocenters. The Hall–Kier alpha value is -1.05. The number of Topliss-reactive ketones (excluding diaryl/α,β-unsaturated/α-hetero) is 1. The van der Waals surface area contributed by atoms with Crippen molar-refractivity contribution in [1.29, 1.82) is 0 Å². The van der Waals surface area contributed by atoms with Crippen LogP contribution in [0.1, 0.15) is 26.5 Å². The minimum Gasteiger partial charge on any atom is -0.365 e. The van der Waals surface area contributed by atoms with E-state index in [4.69, 9.17) is 0 Å². The van der Waals surface area contributed by atoms with Crippen molar-refractivity contribution in [3.8, 4) is 0 Å². The van der Waals surface area contributed by atoms with Gasteiger partial charge in [-0.15, -0.1) is 0 Å². The third-order valence-corrected chi connectivity index (χ3v) is 1.85. The summed E-state index contributed by atoms with van der Waals surface area (Å²) in [6.07, 6.45) is 2.35. The lowest BCUT2D eigenvalue weighted by molar-refractivity contribution is -0.125. The van der Waals surface area contributed by atoms with E-state index in [1.807, 2.05) is 39.1 Å². The fourth-order valence-corrected chi connectivity index (χ4v) is 0.916. The van der Waals surface area contributed by atoms with Crippen molar-refractivity contribution in [3.05, 3.63) is 24.0 Å². The first kappa shape index (κ1) is 9.04. The maximum absolute atomic E-state index is 11.5. The highest BCUT2D eigenvalue weighted by Gasteiger charge is 2.20. The van der Waals surface area contributed by atoms with E-state index in [-0.39, 0.29) is 11.2 Å². The quantitative estimate of drug-likeness (QED) is 0.715. The van der Waals surface area contributed by atoms with Crippen molar-refractivity contribution < 1.29 is 4.79 Å². The van der Waals surface area contributed by atoms with Crippen LogP contribution < -0.4 is 0 Å². The summed E-state index contributed by atoms with van der Waals surface area (Å²) in [7, 11) is 0. The van der Waals surface area contributed by atoms with E-state index in [0.717, 1.165) is 5.69 Å². The van der Waals surface area contributed by atoms with Gasteiger partial charge in [-0.2, -0.15) is 0 Å². The summed E-state index contributed by atoms with van der Waals surface area (Å²) < 4.78 is 0. The van der Waals surface area contributed by atoms with Gasteiger partial charge in [-0.3, -0.25) is 4.79 Å². The van der Waals surface area contributed by atoms with Crippen LogP contribution in [0.15, 0.2) is 18.3 Å². The number of aromatic nitrogens is 1. The zero-order valence-corrected chi connectivity index (χ0v) is 7.85. The minimum atomic E-state index is -0.231. The van der Waals surface area contributed by atoms with Crippen LogP contribution >= 0.6 is 0 Å². The molecule has 1 aromatic heterocycles. The molecule has 0 radical (unpaired) electrons. The molecule has 0 spiro atoms. The van der Waals surface area contributed by atoms with Crippen molar-refractivity contribution in [2.75, 3.05) is 0 Å². The molecule has 12 heavy (non-hydrogen) atoms. The molecule has 0 aliphatic rings. The van der Waals surface area contributed by atoms with E-state index in [1.165, 1.54) is 0 Å². The smallest absolute Gasteiger partial charge is 0.144 e. The maximum Gasteiger partial charge on any atom is 0.144 e. The van der Waals surface area contributed by atoms with Crippen LogP contribution in [0, 0.1) is 5.41 Å². The SMILES string of the molecule is CC(C)(C)C(=O)Cc1ccc[nH]1. The van der Waals surface area contributed by atoms with Crippen LogP contribution in [0.2, 0.25) is 0 Å². The Morgan fingerprint density at radius 2 is 2.17 bits per heavy atom. The fraction of sp³-hybridized carbons (Fsp3) is 0.500. The maximum atomic E-state index is 11.5. The lowest BCUT2D eigenvalue weighted by Crippen LogP contribution is -2.22. The molecule has 2 nitrogen and oxygen atoms in total. The normalized spacial score (nSPS) is 11.6. The Balaban J connectivity index is 2.60. The fourth-order valence-electron chi connectivity index (χ4n) is 0.916. The summed E-state index contributed by atoms with van der Waals surface area (Å²) in [4.78, 5) is 14.5. The number of aromatic amines is 1. The van der Waals surface area contributed by atoms with Gasteiger partial charge in [-0.1, -0.05) is 20.8 Å². The van der Waals surface area contributed by atoms with E-state index in [0.29, 0.717) is 6.42 Å². The largest absolute Gasteiger partial charge is 0.365 e. The first-order chi connectivity index (χ1) is 5.50. The summed E-state index contributed by atoms with van der Waals surface area (Å²) in [5.41, 5.74) is 0.764. The zero-order valence-electron chi connectivity index (χ0n) is 7.85. The molecule has 2 heteroatoms. The second kappa shape index (κ2) is 3.13. The average Bonchev–Trinajstić information content (AvgIpc) is 2.37. The number of nitrogens with one attached hydrogen (secondary N) is 1. The molecule has 1 heterocycles. The number of rotatable bonds is 2. The first-order valence-electron chi connectivity index (χ1n) is 4.16. The van der Waals surface area contributed by atoms with Gasteiger partial charge in [0, 0.05) is 23.7 Å². The van der Waals surface area contributed by atoms with Gasteiger partial charge in [0.15, 0.2) is 0 Å². The Morgan fingerprint density at radius 1 is 1.50 bits per heavy atom. The standard InChI is InChI=1S/C10H15NO/c1-10(2,3)9(12)7-8-5-4-6-11-8/h4-6,11H,7H2,1-3H3. The second-order valence-corrected chi connectivity index (χ2v) is 4.05. The molecule has 1 aromatic rings. The topological polar surface area (TPSA) is 32.9 Å². The van der Waals surface area contributed by atoms with Gasteiger partial charge in [0.2, 0.25) is 0 Å². The van der Waals surface area contributed by atoms with Gasteiger partial charge >= 0.3 is 0 Å². The number of hydrogen-bond donors (Lipinski definition) is 1. The first-order valence-corrected chi connectivity index (χ1v) is 4.16. The van der Waals surface area contributed by atoms with Gasteiger partial charge < -0.3 is 4.98 Å². The summed E-state index contributed by atoms with van der Waals surface area (Å²) in [6.45, 7) is 5.83. The average molecular weight is 165 g/mol. The molecule has 0 saturated carbocycles. The number of H-pyrrole nitrogens is 1. The summed E-state index contributed by atoms with van der Waals surface area (Å²) in [5.74, 6) is 0.268. The lowest BCUT2D eigenvalue weighted by Gasteiger charge is -2.15. The predicted molar refractivity (Wildman–Crippen MR) is 49.0 cm³/mol. The molecular formula is C10H15NO. The van der Waals surface area contributed by atoms with Gasteiger partial charge in [-0.05, 0) is 12.1 Å². The van der Waals surface area contributed by atoms with E-state index in [9.17, 15) is 4.79 Å². The molecule has 0 bridgehead atoms. The summed E-state index contributed by atoms with van der Waals surface area (Å²) in [5, 5.41) is 0. The molecule has 1 N–H and O–H groups in total. The minimum absolute atomic E-state index is 0.231. The summed E-state index contributed by atoms with van der Waals surface area (Å²) >= 11 is 0. The number of hydrogen-bond acceptors (Lipinski definition) is 1. The van der Waals surface area contributed by atoms with Gasteiger partial charge in [0.05, 0.1) is 0 Å². The van der Waals surface area contributed by atoms with Crippen LogP contribution in [-0.4, -0.2) is 10.8 Å². The van der Waals surface area contributed by atoms with E-state index in [2.05, 4.69) is 4.98 Å². The predicted octanol–water partition coefficient (Wildman–Crippen LogP) is 2.17. The van der Waals surface area contributed by atoms with Crippen molar-refractivity contribution in [1.82, 2.24) is 4.98 Å². The molecule has 0 fully saturated rings. The number of carbonyl (C=O) groups is 1. The number of ketones is 1. The summed E-state index contributed by atoms with van der Waals surface area (Å²) in [6, 6.07) is 3.84. The lowest BCUT2D eigenvalue weighted by atomic mass is 9.88. The van der Waals surface area contributed by atoms with E-state index < -0.39 is 0 Å². The van der Waals surface area contributed by atoms with E-state index in [1.54, 1.807) is 0 Å². The van der Waals surface area contributed by atoms with Gasteiger partial charge in [0.25, 0.3) is 0 Å². The monoisotopic (exact) mass is 165 g/mol. The highest BCUT2D eigenvalue weighted by Crippen LogP contribution is 2.16. The second-order valence-electron chi connectivity index (χ2n) is 4.05. The van der Waals surface area contributed by atoms with Crippen molar-refractivity contribution in [2.45, 2.75) is 27.2 Å². The van der Waals surface area contributed by atoms with Crippen LogP contribution in [0.5, 0.6) is 0 Å². The molecule has 0 saturated heterocycles. The molecule has 66 valence electrons. The Labute approximate surface area is 73.0 Å². The van der Waals surface area contributed by atoms with Gasteiger partial charge in [0.1, 0.15) is 5.78 Å². The van der Waals surface area contributed by atoms with Crippen LogP contribution in [0.3, 0.4) is 0 Å². The van der Waals surface area contributed by atoms with Crippen molar-refractivity contribution in [2.24, 2.45) is 5.41 Å². The zero-order chi connectivity index (χ0) is 9.19. The molecule has 0 aliphatic carbocycles. The molecule has 1 rings (SSSR count). The Bertz CT molecular complexity index is 254. The Kier molecular flexibility index (Phi) is 2.36. The number of carbonyl (C=O) groups excluding carboxylic acids is 1. The third-order valence-electron chi connectivity index (χ3n) is 1.85. The third kappa shape index (κ3) is 2.22. The molecule has 0 unspecified atom stereocenters. The van der Waals surface area contributed by atoms with Crippen LogP contribution in [-0.2, 0) is 11.2 Å². The van der Waals surface area contributed by atoms with Gasteiger partial charge in [-0.25, -0.2) is 0 Å². The molecular weight excluding hydrogens is 150 g/mol. The van der Waals surface area contributed by atoms with E-state index >= 15 is 0 Å². The molecule has 0 amide bonds. The highest BCUT2D eigenvalue weighted by molar-refractivity contribution is 5.85. The molecule has 0 aliphatic heterocycles. The molecule has 0 aromatic carbocycles. The van der Waals surface area contributed by atoms with Crippen molar-refractivity contribution >= 4 is 5.78 Å². The van der Waals surface area contributed by atoms with Crippen LogP contribution in [0.25, 0.3) is 0 Å². The highest BCUT2D eigenvalue weighted by atomic mass is 16.1. The van der Waals surface area contributed by atoms with Crippen LogP contribution in [0.4, 0.5) is 0 Å². The Morgan fingerprint density at radius 3 is 2.58 bits per heavy atom.